The molecule has 0 bridgehead atoms. The van der Waals surface area contributed by atoms with Gasteiger partial charge in [0.05, 0.1) is 4.91 Å². The summed E-state index contributed by atoms with van der Waals surface area (Å²) < 4.78 is 15.4. The van der Waals surface area contributed by atoms with Gasteiger partial charge in [0.2, 0.25) is 0 Å². The van der Waals surface area contributed by atoms with Gasteiger partial charge >= 0.3 is 0 Å². The fraction of sp³-hybridized carbons (Fsp3) is 0.222. The van der Waals surface area contributed by atoms with Crippen molar-refractivity contribution >= 4 is 29.0 Å². The Morgan fingerprint density at radius 2 is 1.96 bits per heavy atom. The second-order valence-electron chi connectivity index (χ2n) is 5.57. The molecule has 2 heterocycles. The van der Waals surface area contributed by atoms with Crippen LogP contribution in [0.1, 0.15) is 23.9 Å². The molecule has 0 unspecified atom stereocenters. The van der Waals surface area contributed by atoms with Crippen LogP contribution in [0.25, 0.3) is 11.8 Å². The van der Waals surface area contributed by atoms with Gasteiger partial charge in [0.1, 0.15) is 5.82 Å². The topological polar surface area (TPSA) is 42.3 Å². The molecule has 0 saturated carbocycles. The zero-order valence-corrected chi connectivity index (χ0v) is 14.5. The first kappa shape index (κ1) is 16.5. The van der Waals surface area contributed by atoms with E-state index in [0.29, 0.717) is 11.4 Å². The van der Waals surface area contributed by atoms with Gasteiger partial charge in [-0.3, -0.25) is 14.5 Å². The van der Waals surface area contributed by atoms with Gasteiger partial charge in [0.15, 0.2) is 0 Å². The molecule has 0 spiro atoms. The van der Waals surface area contributed by atoms with Gasteiger partial charge in [-0.1, -0.05) is 6.07 Å². The van der Waals surface area contributed by atoms with E-state index in [2.05, 4.69) is 0 Å². The van der Waals surface area contributed by atoms with Crippen LogP contribution in [0.15, 0.2) is 35.2 Å². The Bertz CT molecular complexity index is 870. The summed E-state index contributed by atoms with van der Waals surface area (Å²) in [4.78, 5) is 25.7. The smallest absolute Gasteiger partial charge is 0.293 e. The molecule has 1 aliphatic rings. The number of benzene rings is 1. The molecule has 0 aliphatic carbocycles. The third kappa shape index (κ3) is 2.78. The van der Waals surface area contributed by atoms with E-state index < -0.39 is 0 Å². The Balaban J connectivity index is 2.03. The minimum atomic E-state index is -0.300. The Morgan fingerprint density at radius 1 is 1.21 bits per heavy atom. The molecule has 124 valence electrons. The van der Waals surface area contributed by atoms with Crippen molar-refractivity contribution in [3.63, 3.8) is 0 Å². The number of thioether (sulfide) groups is 1. The zero-order valence-electron chi connectivity index (χ0n) is 13.7. The molecule has 4 nitrogen and oxygen atoms in total. The lowest BCUT2D eigenvalue weighted by Crippen LogP contribution is -2.27. The van der Waals surface area contributed by atoms with Crippen LogP contribution >= 0.6 is 11.8 Å². The molecule has 0 radical (unpaired) electrons. The number of hydrogen-bond donors (Lipinski definition) is 0. The van der Waals surface area contributed by atoms with Gasteiger partial charge in [-0.15, -0.1) is 0 Å². The van der Waals surface area contributed by atoms with E-state index in [1.165, 1.54) is 17.0 Å². The fourth-order valence-electron chi connectivity index (χ4n) is 2.86. The average Bonchev–Trinajstić information content (AvgIpc) is 2.95. The molecule has 1 aromatic heterocycles. The van der Waals surface area contributed by atoms with E-state index in [9.17, 15) is 14.0 Å². The molecular weight excluding hydrogens is 327 g/mol. The van der Waals surface area contributed by atoms with E-state index in [1.54, 1.807) is 19.1 Å². The van der Waals surface area contributed by atoms with Crippen molar-refractivity contribution in [3.8, 4) is 5.69 Å². The lowest BCUT2D eigenvalue weighted by molar-refractivity contribution is -0.122. The predicted molar refractivity (Wildman–Crippen MR) is 93.6 cm³/mol. The maximum absolute atomic E-state index is 13.5. The molecule has 2 amide bonds. The SMILES string of the molecule is CCN1C(=O)S/C(=C/c2cc(C)n(-c3cccc(F)c3)c2C)C1=O. The summed E-state index contributed by atoms with van der Waals surface area (Å²) in [6, 6.07) is 8.29. The van der Waals surface area contributed by atoms with E-state index in [1.807, 2.05) is 30.5 Å². The summed E-state index contributed by atoms with van der Waals surface area (Å²) >= 11 is 0.953. The third-order valence-electron chi connectivity index (χ3n) is 4.01. The minimum absolute atomic E-state index is 0.243. The lowest BCUT2D eigenvalue weighted by atomic mass is 10.2. The highest BCUT2D eigenvalue weighted by atomic mass is 32.2. The number of hydrogen-bond acceptors (Lipinski definition) is 3. The van der Waals surface area contributed by atoms with Crippen molar-refractivity contribution in [2.45, 2.75) is 20.8 Å². The van der Waals surface area contributed by atoms with Gasteiger partial charge in [-0.05, 0) is 68.4 Å². The number of imide groups is 1. The lowest BCUT2D eigenvalue weighted by Gasteiger charge is -2.09. The standard InChI is InChI=1S/C18H17FN2O2S/c1-4-20-17(22)16(24-18(20)23)9-13-8-11(2)21(12(13)3)15-7-5-6-14(19)10-15/h5-10H,4H2,1-3H3/b16-9+. The molecule has 3 rings (SSSR count). The fourth-order valence-corrected chi connectivity index (χ4v) is 3.75. The number of halogens is 1. The molecule has 6 heteroatoms. The quantitative estimate of drug-likeness (QED) is 0.780. The molecule has 1 aromatic carbocycles. The van der Waals surface area contributed by atoms with Crippen molar-refractivity contribution in [3.05, 3.63) is 58.0 Å². The summed E-state index contributed by atoms with van der Waals surface area (Å²) in [5.41, 5.74) is 3.39. The van der Waals surface area contributed by atoms with Gasteiger partial charge in [0.25, 0.3) is 11.1 Å². The number of likely N-dealkylation sites (N-methyl/N-ethyl adjacent to an activating group) is 1. The van der Waals surface area contributed by atoms with Gasteiger partial charge < -0.3 is 4.57 Å². The van der Waals surface area contributed by atoms with Crippen LogP contribution in [-0.2, 0) is 4.79 Å². The summed E-state index contributed by atoms with van der Waals surface area (Å²) in [5.74, 6) is -0.561. The van der Waals surface area contributed by atoms with Crippen LogP contribution in [0.4, 0.5) is 9.18 Å². The Hall–Kier alpha value is -2.34. The normalized spacial score (nSPS) is 16.5. The Labute approximate surface area is 144 Å². The van der Waals surface area contributed by atoms with Gasteiger partial charge in [-0.2, -0.15) is 0 Å². The second-order valence-corrected chi connectivity index (χ2v) is 6.56. The molecule has 1 fully saturated rings. The van der Waals surface area contributed by atoms with Crippen LogP contribution in [0.3, 0.4) is 0 Å². The highest BCUT2D eigenvalue weighted by Gasteiger charge is 2.33. The van der Waals surface area contributed by atoms with Crippen molar-refractivity contribution in [1.29, 1.82) is 0 Å². The zero-order chi connectivity index (χ0) is 17.4. The number of aryl methyl sites for hydroxylation is 1. The summed E-state index contributed by atoms with van der Waals surface area (Å²) in [6.07, 6.45) is 1.73. The van der Waals surface area contributed by atoms with Gasteiger partial charge in [-0.25, -0.2) is 4.39 Å². The first-order valence-corrected chi connectivity index (χ1v) is 8.44. The highest BCUT2D eigenvalue weighted by molar-refractivity contribution is 8.18. The van der Waals surface area contributed by atoms with Crippen molar-refractivity contribution in [2.24, 2.45) is 0 Å². The largest absolute Gasteiger partial charge is 0.318 e. The molecular formula is C18H17FN2O2S. The predicted octanol–water partition coefficient (Wildman–Crippen LogP) is 4.29. The molecule has 1 aliphatic heterocycles. The number of nitrogens with zero attached hydrogens (tertiary/aromatic N) is 2. The summed E-state index contributed by atoms with van der Waals surface area (Å²) in [5, 5.41) is -0.243. The van der Waals surface area contributed by atoms with Crippen LogP contribution in [0, 0.1) is 19.7 Å². The van der Waals surface area contributed by atoms with Crippen LogP contribution in [-0.4, -0.2) is 27.2 Å². The molecule has 1 saturated heterocycles. The maximum atomic E-state index is 13.5. The van der Waals surface area contributed by atoms with E-state index in [4.69, 9.17) is 0 Å². The molecule has 24 heavy (non-hydrogen) atoms. The summed E-state index contributed by atoms with van der Waals surface area (Å²) in [7, 11) is 0. The number of rotatable bonds is 3. The Morgan fingerprint density at radius 3 is 2.58 bits per heavy atom. The van der Waals surface area contributed by atoms with Gasteiger partial charge in [0, 0.05) is 23.6 Å². The first-order chi connectivity index (χ1) is 11.4. The average molecular weight is 344 g/mol. The second kappa shape index (κ2) is 6.28. The van der Waals surface area contributed by atoms with Crippen molar-refractivity contribution in [2.75, 3.05) is 6.54 Å². The monoisotopic (exact) mass is 344 g/mol. The number of carbonyl (C=O) groups excluding carboxylic acids is 2. The molecule has 2 aromatic rings. The van der Waals surface area contributed by atoms with Crippen molar-refractivity contribution in [1.82, 2.24) is 9.47 Å². The summed E-state index contributed by atoms with van der Waals surface area (Å²) in [6.45, 7) is 5.97. The van der Waals surface area contributed by atoms with E-state index in [0.717, 1.165) is 34.4 Å². The minimum Gasteiger partial charge on any atom is -0.318 e. The van der Waals surface area contributed by atoms with Crippen LogP contribution in [0.5, 0.6) is 0 Å². The van der Waals surface area contributed by atoms with E-state index >= 15 is 0 Å². The number of carbonyl (C=O) groups is 2. The Kier molecular flexibility index (Phi) is 4.32. The molecule has 0 N–H and O–H groups in total. The third-order valence-corrected chi connectivity index (χ3v) is 4.92. The molecule has 0 atom stereocenters. The first-order valence-electron chi connectivity index (χ1n) is 7.62. The highest BCUT2D eigenvalue weighted by Crippen LogP contribution is 2.33. The number of aromatic nitrogens is 1. The van der Waals surface area contributed by atoms with Crippen LogP contribution < -0.4 is 0 Å². The number of amides is 2. The van der Waals surface area contributed by atoms with E-state index in [-0.39, 0.29) is 17.0 Å². The van der Waals surface area contributed by atoms with Crippen molar-refractivity contribution < 1.29 is 14.0 Å². The maximum Gasteiger partial charge on any atom is 0.293 e. The van der Waals surface area contributed by atoms with Crippen LogP contribution in [0.2, 0.25) is 0 Å².